The molecule has 2 aliphatic heterocycles. The summed E-state index contributed by atoms with van der Waals surface area (Å²) in [4.78, 5) is 0. The van der Waals surface area contributed by atoms with Gasteiger partial charge >= 0.3 is 0 Å². The Hall–Kier alpha value is 0.339. The second-order valence-electron chi connectivity index (χ2n) is 7.82. The Balaban J connectivity index is 0.000000187. The Morgan fingerprint density at radius 3 is 1.19 bits per heavy atom. The summed E-state index contributed by atoms with van der Waals surface area (Å²) in [6, 6.07) is 0. The van der Waals surface area contributed by atoms with E-state index >= 15 is 0 Å². The van der Waals surface area contributed by atoms with Gasteiger partial charge in [-0.25, -0.2) is 0 Å². The van der Waals surface area contributed by atoms with E-state index in [-0.39, 0.29) is 32.9 Å². The third kappa shape index (κ3) is 5.28. The maximum Gasteiger partial charge on any atom is 0.0130 e. The first-order chi connectivity index (χ1) is 12.7. The summed E-state index contributed by atoms with van der Waals surface area (Å²) in [6.45, 7) is 9.37. The molecule has 0 saturated carbocycles. The standard InChI is InChI=1S/2C12H18P.Fe/c2*1-3-10-9-11(4-2)13(10)12-7-5-6-8-12;/h2*5-8,10-11H,3-4,9H2,1-2H3;/t2*10-,11-;/m11./s1. The molecule has 150 valence electrons. The largest absolute Gasteiger partial charge is 0.0760 e. The molecule has 2 aliphatic carbocycles. The van der Waals surface area contributed by atoms with Crippen LogP contribution in [0.5, 0.6) is 0 Å². The van der Waals surface area contributed by atoms with Gasteiger partial charge in [0.1, 0.15) is 0 Å². The molecule has 0 aromatic rings. The predicted octanol–water partition coefficient (Wildman–Crippen LogP) is 8.17. The molecular formula is C24H36FeP2. The fraction of sp³-hybridized carbons (Fsp3) is 0.583. The van der Waals surface area contributed by atoms with Crippen molar-refractivity contribution in [1.29, 1.82) is 0 Å². The molecule has 4 rings (SSSR count). The van der Waals surface area contributed by atoms with Gasteiger partial charge in [-0.2, -0.15) is 0 Å². The van der Waals surface area contributed by atoms with E-state index in [1.807, 2.05) is 0 Å². The Bertz CT molecular complexity index is 517. The molecule has 0 unspecified atom stereocenters. The van der Waals surface area contributed by atoms with Gasteiger partial charge in [0, 0.05) is 29.9 Å². The van der Waals surface area contributed by atoms with Crippen molar-refractivity contribution < 1.29 is 17.1 Å². The van der Waals surface area contributed by atoms with E-state index in [0.29, 0.717) is 0 Å². The quantitative estimate of drug-likeness (QED) is 0.288. The van der Waals surface area contributed by atoms with Gasteiger partial charge in [0.05, 0.1) is 0 Å². The van der Waals surface area contributed by atoms with Crippen LogP contribution in [-0.2, 0) is 17.1 Å². The maximum absolute atomic E-state index is 2.34. The molecule has 27 heavy (non-hydrogen) atoms. The van der Waals surface area contributed by atoms with Gasteiger partial charge in [-0.3, -0.25) is 0 Å². The minimum atomic E-state index is 0. The van der Waals surface area contributed by atoms with Gasteiger partial charge in [-0.1, -0.05) is 80.0 Å². The van der Waals surface area contributed by atoms with Crippen LogP contribution in [0.25, 0.3) is 0 Å². The number of hydrogen-bond acceptors (Lipinski definition) is 0. The predicted molar refractivity (Wildman–Crippen MR) is 122 cm³/mol. The average Bonchev–Trinajstić information content (AvgIpc) is 3.30. The molecule has 0 spiro atoms. The van der Waals surface area contributed by atoms with Crippen molar-refractivity contribution in [2.45, 2.75) is 88.9 Å². The molecule has 4 aliphatic rings. The van der Waals surface area contributed by atoms with Crippen LogP contribution >= 0.6 is 15.8 Å². The average molecular weight is 442 g/mol. The van der Waals surface area contributed by atoms with Crippen LogP contribution in [0.3, 0.4) is 0 Å². The summed E-state index contributed by atoms with van der Waals surface area (Å²) in [7, 11) is 0.434. The van der Waals surface area contributed by atoms with E-state index < -0.39 is 0 Å². The fourth-order valence-electron chi connectivity index (χ4n) is 4.77. The molecule has 0 aromatic carbocycles. The van der Waals surface area contributed by atoms with Crippen LogP contribution in [0.4, 0.5) is 0 Å². The SMILES string of the molecule is CC[C@@H]1C[C@@H](CC)P1C1=CC=C[CH]1.CC[C@@H]1C[C@@H](CC)P1C1=CC=C[CH]1.[Fe]. The molecule has 0 bridgehead atoms. The van der Waals surface area contributed by atoms with Gasteiger partial charge < -0.3 is 0 Å². The van der Waals surface area contributed by atoms with Gasteiger partial charge in [0.25, 0.3) is 0 Å². The van der Waals surface area contributed by atoms with E-state index in [1.165, 1.54) is 38.5 Å². The van der Waals surface area contributed by atoms with Crippen molar-refractivity contribution in [2.75, 3.05) is 0 Å². The van der Waals surface area contributed by atoms with E-state index in [4.69, 9.17) is 0 Å². The zero-order chi connectivity index (χ0) is 18.5. The minimum absolute atomic E-state index is 0. The second kappa shape index (κ2) is 11.5. The topological polar surface area (TPSA) is 0 Å². The third-order valence-corrected chi connectivity index (χ3v) is 13.7. The summed E-state index contributed by atoms with van der Waals surface area (Å²) in [5.41, 5.74) is 4.12. The zero-order valence-corrected chi connectivity index (χ0v) is 20.3. The Kier molecular flexibility index (Phi) is 10.1. The van der Waals surface area contributed by atoms with Crippen molar-refractivity contribution in [3.05, 3.63) is 59.9 Å². The van der Waals surface area contributed by atoms with E-state index in [9.17, 15) is 0 Å². The molecular weight excluding hydrogens is 406 g/mol. The summed E-state index contributed by atoms with van der Waals surface area (Å²) in [5.74, 6) is 0. The van der Waals surface area contributed by atoms with Crippen molar-refractivity contribution in [3.63, 3.8) is 0 Å². The van der Waals surface area contributed by atoms with Crippen molar-refractivity contribution in [3.8, 4) is 0 Å². The Morgan fingerprint density at radius 1 is 0.630 bits per heavy atom. The van der Waals surface area contributed by atoms with Crippen molar-refractivity contribution in [2.24, 2.45) is 0 Å². The number of rotatable bonds is 6. The van der Waals surface area contributed by atoms with Crippen molar-refractivity contribution in [1.82, 2.24) is 0 Å². The minimum Gasteiger partial charge on any atom is -0.0760 e. The molecule has 2 fully saturated rings. The van der Waals surface area contributed by atoms with Crippen LogP contribution in [-0.4, -0.2) is 22.6 Å². The molecule has 0 amide bonds. The van der Waals surface area contributed by atoms with Crippen LogP contribution in [0.1, 0.15) is 66.2 Å². The number of hydrogen-bond donors (Lipinski definition) is 0. The molecule has 2 radical (unpaired) electrons. The number of allylic oxidation sites excluding steroid dienone is 8. The van der Waals surface area contributed by atoms with Gasteiger partial charge in [0.15, 0.2) is 0 Å². The Morgan fingerprint density at radius 2 is 0.963 bits per heavy atom. The summed E-state index contributed by atoms with van der Waals surface area (Å²) < 4.78 is 0. The monoisotopic (exact) mass is 442 g/mol. The summed E-state index contributed by atoms with van der Waals surface area (Å²) in [5, 5.41) is 3.31. The van der Waals surface area contributed by atoms with Crippen LogP contribution in [0.15, 0.2) is 47.1 Å². The van der Waals surface area contributed by atoms with Gasteiger partial charge in [-0.05, 0) is 71.8 Å². The van der Waals surface area contributed by atoms with E-state index in [0.717, 1.165) is 22.6 Å². The maximum atomic E-state index is 2.34. The molecule has 2 heterocycles. The molecule has 0 nitrogen and oxygen atoms in total. The normalized spacial score (nSPS) is 32.0. The molecule has 3 heteroatoms. The first kappa shape index (κ1) is 23.6. The summed E-state index contributed by atoms with van der Waals surface area (Å²) in [6.07, 6.45) is 26.6. The first-order valence-corrected chi connectivity index (χ1v) is 13.7. The zero-order valence-electron chi connectivity index (χ0n) is 17.4. The van der Waals surface area contributed by atoms with Crippen LogP contribution in [0, 0.1) is 12.8 Å². The molecule has 2 saturated heterocycles. The molecule has 4 atom stereocenters. The Labute approximate surface area is 181 Å². The molecule has 0 N–H and O–H groups in total. The third-order valence-electron chi connectivity index (χ3n) is 6.43. The van der Waals surface area contributed by atoms with E-state index in [1.54, 1.807) is 10.6 Å². The van der Waals surface area contributed by atoms with Crippen LogP contribution in [0.2, 0.25) is 0 Å². The van der Waals surface area contributed by atoms with E-state index in [2.05, 4.69) is 77.0 Å². The first-order valence-electron chi connectivity index (χ1n) is 10.7. The van der Waals surface area contributed by atoms with Gasteiger partial charge in [-0.15, -0.1) is 0 Å². The summed E-state index contributed by atoms with van der Waals surface area (Å²) >= 11 is 0. The fourth-order valence-corrected chi connectivity index (χ4v) is 11.4. The van der Waals surface area contributed by atoms with Gasteiger partial charge in [0.2, 0.25) is 0 Å². The smallest absolute Gasteiger partial charge is 0.0130 e. The van der Waals surface area contributed by atoms with Crippen molar-refractivity contribution >= 4 is 15.8 Å². The second-order valence-corrected chi connectivity index (χ2v) is 13.4. The van der Waals surface area contributed by atoms with Crippen LogP contribution < -0.4 is 0 Å². The molecule has 0 aromatic heterocycles.